The fourth-order valence-corrected chi connectivity index (χ4v) is 6.58. The van der Waals surface area contributed by atoms with Crippen molar-refractivity contribution in [2.24, 2.45) is 0 Å². The molecule has 0 bridgehead atoms. The average molecular weight is 603 g/mol. The molecule has 0 aliphatic carbocycles. The van der Waals surface area contributed by atoms with Gasteiger partial charge in [-0.25, -0.2) is 16.8 Å². The number of hydrogen-bond acceptors (Lipinski definition) is 5. The third kappa shape index (κ3) is 6.39. The number of hydrogen-bond donors (Lipinski definition) is 1. The predicted molar refractivity (Wildman–Crippen MR) is 146 cm³/mol. The van der Waals surface area contributed by atoms with Crippen LogP contribution in [0.25, 0.3) is 0 Å². The molecule has 196 valence electrons. The van der Waals surface area contributed by atoms with Gasteiger partial charge >= 0.3 is 0 Å². The molecule has 1 amide bonds. The number of halogens is 3. The Morgan fingerprint density at radius 2 is 1.65 bits per heavy atom. The van der Waals surface area contributed by atoms with Gasteiger partial charge in [-0.15, -0.1) is 0 Å². The van der Waals surface area contributed by atoms with Crippen molar-refractivity contribution in [2.75, 3.05) is 29.0 Å². The number of anilines is 2. The molecular formula is C24H22Cl3N3O5S2. The summed E-state index contributed by atoms with van der Waals surface area (Å²) in [5.41, 5.74) is 2.16. The molecule has 1 aliphatic rings. The molecule has 0 radical (unpaired) electrons. The van der Waals surface area contributed by atoms with E-state index in [2.05, 4.69) is 5.32 Å². The second-order valence-corrected chi connectivity index (χ2v) is 13.5. The number of nitrogens with zero attached hydrogens (tertiary/aromatic N) is 2. The number of fused-ring (bicyclic) bond motifs is 1. The zero-order chi connectivity index (χ0) is 27.0. The molecule has 37 heavy (non-hydrogen) atoms. The van der Waals surface area contributed by atoms with Crippen LogP contribution in [0.5, 0.6) is 0 Å². The Bertz CT molecular complexity index is 1560. The van der Waals surface area contributed by atoms with Crippen LogP contribution in [-0.4, -0.2) is 46.4 Å². The van der Waals surface area contributed by atoms with Crippen molar-refractivity contribution in [3.63, 3.8) is 0 Å². The Kier molecular flexibility index (Phi) is 8.08. The molecule has 1 heterocycles. The van der Waals surface area contributed by atoms with Crippen LogP contribution in [-0.2, 0) is 37.8 Å². The summed E-state index contributed by atoms with van der Waals surface area (Å²) in [5.74, 6) is -0.587. The minimum atomic E-state index is -3.84. The van der Waals surface area contributed by atoms with E-state index in [0.29, 0.717) is 33.4 Å². The fourth-order valence-electron chi connectivity index (χ4n) is 3.90. The van der Waals surface area contributed by atoms with Crippen LogP contribution in [0.1, 0.15) is 11.1 Å². The highest BCUT2D eigenvalue weighted by Gasteiger charge is 2.31. The van der Waals surface area contributed by atoms with Gasteiger partial charge in [0.05, 0.1) is 33.4 Å². The molecule has 0 atom stereocenters. The van der Waals surface area contributed by atoms with E-state index in [1.54, 1.807) is 30.3 Å². The first kappa shape index (κ1) is 27.7. The fraction of sp³-hybridized carbons (Fsp3) is 0.208. The zero-order valence-electron chi connectivity index (χ0n) is 19.5. The summed E-state index contributed by atoms with van der Waals surface area (Å²) < 4.78 is 53.4. The van der Waals surface area contributed by atoms with E-state index in [-0.39, 0.29) is 23.0 Å². The molecule has 8 nitrogen and oxygen atoms in total. The topological polar surface area (TPSA) is 104 Å². The Hall–Kier alpha value is -2.34. The van der Waals surface area contributed by atoms with Gasteiger partial charge in [-0.2, -0.15) is 4.31 Å². The molecule has 3 aromatic carbocycles. The van der Waals surface area contributed by atoms with E-state index in [9.17, 15) is 21.6 Å². The van der Waals surface area contributed by atoms with Crippen molar-refractivity contribution >= 4 is 72.1 Å². The summed E-state index contributed by atoms with van der Waals surface area (Å²) in [6.07, 6.45) is 1.52. The molecule has 3 aromatic rings. The largest absolute Gasteiger partial charge is 0.325 e. The van der Waals surface area contributed by atoms with E-state index in [1.165, 1.54) is 34.6 Å². The van der Waals surface area contributed by atoms with Gasteiger partial charge in [0.1, 0.15) is 0 Å². The maximum absolute atomic E-state index is 13.2. The van der Waals surface area contributed by atoms with Crippen LogP contribution in [0.3, 0.4) is 0 Å². The summed E-state index contributed by atoms with van der Waals surface area (Å²) in [6.45, 7) is -0.285. The lowest BCUT2D eigenvalue weighted by Gasteiger charge is -2.21. The van der Waals surface area contributed by atoms with Crippen LogP contribution in [0.2, 0.25) is 15.1 Å². The number of rotatable bonds is 8. The van der Waals surface area contributed by atoms with E-state index >= 15 is 0 Å². The predicted octanol–water partition coefficient (Wildman–Crippen LogP) is 4.80. The minimum absolute atomic E-state index is 0.0829. The maximum atomic E-state index is 13.2. The van der Waals surface area contributed by atoms with Gasteiger partial charge in [-0.05, 0) is 66.1 Å². The molecule has 0 unspecified atom stereocenters. The molecule has 1 N–H and O–H groups in total. The highest BCUT2D eigenvalue weighted by atomic mass is 35.5. The maximum Gasteiger partial charge on any atom is 0.264 e. The third-order valence-electron chi connectivity index (χ3n) is 5.76. The summed E-state index contributed by atoms with van der Waals surface area (Å²) in [4.78, 5) is 12.9. The Labute approximate surface area is 230 Å². The molecule has 0 saturated heterocycles. The molecule has 4 rings (SSSR count). The summed E-state index contributed by atoms with van der Waals surface area (Å²) in [5, 5.41) is 3.70. The second-order valence-electron chi connectivity index (χ2n) is 8.45. The van der Waals surface area contributed by atoms with Gasteiger partial charge in [0.25, 0.3) is 10.0 Å². The van der Waals surface area contributed by atoms with Gasteiger partial charge < -0.3 is 5.32 Å². The molecular weight excluding hydrogens is 581 g/mol. The number of carbonyl (C=O) groups excluding carboxylic acids is 1. The lowest BCUT2D eigenvalue weighted by molar-refractivity contribution is -0.116. The highest BCUT2D eigenvalue weighted by molar-refractivity contribution is 7.92. The van der Waals surface area contributed by atoms with Crippen LogP contribution in [0, 0.1) is 0 Å². The van der Waals surface area contributed by atoms with Gasteiger partial charge in [-0.3, -0.25) is 9.10 Å². The summed E-state index contributed by atoms with van der Waals surface area (Å²) in [7, 11) is -7.58. The van der Waals surface area contributed by atoms with Crippen molar-refractivity contribution in [1.82, 2.24) is 4.31 Å². The minimum Gasteiger partial charge on any atom is -0.325 e. The van der Waals surface area contributed by atoms with Crippen molar-refractivity contribution < 1.29 is 21.6 Å². The number of sulfonamides is 2. The van der Waals surface area contributed by atoms with Crippen LogP contribution < -0.4 is 9.62 Å². The Morgan fingerprint density at radius 1 is 0.946 bits per heavy atom. The quantitative estimate of drug-likeness (QED) is 0.399. The smallest absolute Gasteiger partial charge is 0.264 e. The lowest BCUT2D eigenvalue weighted by Crippen LogP contribution is -2.37. The van der Waals surface area contributed by atoms with E-state index < -0.39 is 32.5 Å². The summed E-state index contributed by atoms with van der Waals surface area (Å²) in [6, 6.07) is 15.6. The normalized spacial score (nSPS) is 13.6. The monoisotopic (exact) mass is 601 g/mol. The first-order chi connectivity index (χ1) is 17.3. The molecule has 0 aromatic heterocycles. The van der Waals surface area contributed by atoms with E-state index in [1.807, 2.05) is 0 Å². The first-order valence-electron chi connectivity index (χ1n) is 10.9. The first-order valence-corrected chi connectivity index (χ1v) is 15.4. The lowest BCUT2D eigenvalue weighted by atomic mass is 10.1. The van der Waals surface area contributed by atoms with E-state index in [4.69, 9.17) is 34.8 Å². The Balaban J connectivity index is 1.52. The molecule has 13 heteroatoms. The van der Waals surface area contributed by atoms with Crippen LogP contribution in [0.15, 0.2) is 65.6 Å². The molecule has 0 saturated carbocycles. The van der Waals surface area contributed by atoms with Crippen molar-refractivity contribution in [3.05, 3.63) is 86.9 Å². The van der Waals surface area contributed by atoms with Crippen molar-refractivity contribution in [3.8, 4) is 0 Å². The van der Waals surface area contributed by atoms with Crippen LogP contribution >= 0.6 is 34.8 Å². The molecule has 0 spiro atoms. The van der Waals surface area contributed by atoms with Gasteiger partial charge in [-0.1, -0.05) is 46.9 Å². The summed E-state index contributed by atoms with van der Waals surface area (Å²) >= 11 is 17.8. The van der Waals surface area contributed by atoms with Gasteiger partial charge in [0.15, 0.2) is 0 Å². The van der Waals surface area contributed by atoms with Gasteiger partial charge in [0.2, 0.25) is 15.9 Å². The third-order valence-corrected chi connectivity index (χ3v) is 9.77. The van der Waals surface area contributed by atoms with Crippen LogP contribution in [0.4, 0.5) is 11.4 Å². The molecule has 0 fully saturated rings. The molecule has 1 aliphatic heterocycles. The second kappa shape index (κ2) is 10.8. The number of carbonyl (C=O) groups is 1. The standard InChI is InChI=1S/C24H22Cl3N3O5S2/c1-36(32,33)29(14-16-2-9-21(26)22(27)12-16)15-24(31)28-19-6-3-17-10-11-30(23(17)13-19)37(34,35)20-7-4-18(25)5-8-20/h2-9,12-13H,10-11,14-15H2,1H3,(H,28,31). The number of nitrogens with one attached hydrogen (secondary N) is 1. The van der Waals surface area contributed by atoms with Crippen molar-refractivity contribution in [2.45, 2.75) is 17.9 Å². The number of amides is 1. The van der Waals surface area contributed by atoms with Gasteiger partial charge in [0, 0.05) is 23.8 Å². The number of benzene rings is 3. The SMILES string of the molecule is CS(=O)(=O)N(CC(=O)Nc1ccc2c(c1)N(S(=O)(=O)c1ccc(Cl)cc1)CC2)Cc1ccc(Cl)c(Cl)c1. The Morgan fingerprint density at radius 3 is 2.30 bits per heavy atom. The van der Waals surface area contributed by atoms with E-state index in [0.717, 1.165) is 16.1 Å². The zero-order valence-corrected chi connectivity index (χ0v) is 23.4. The average Bonchev–Trinajstić information content (AvgIpc) is 3.25. The van der Waals surface area contributed by atoms with Crippen molar-refractivity contribution in [1.29, 1.82) is 0 Å². The highest BCUT2D eigenvalue weighted by Crippen LogP contribution is 2.35.